The van der Waals surface area contributed by atoms with Crippen LogP contribution in [0.3, 0.4) is 0 Å². The molecular weight excluding hydrogens is 1020 g/mol. The number of benzene rings is 3. The third-order valence-corrected chi connectivity index (χ3v) is 14.3. The van der Waals surface area contributed by atoms with Crippen LogP contribution in [-0.4, -0.2) is 205 Å². The summed E-state index contributed by atoms with van der Waals surface area (Å²) < 4.78 is 11.3. The highest BCUT2D eigenvalue weighted by atomic mass is 16.5. The van der Waals surface area contributed by atoms with Crippen LogP contribution in [0.2, 0.25) is 0 Å². The number of rotatable bonds is 13. The summed E-state index contributed by atoms with van der Waals surface area (Å²) in [5.74, 6) is -9.56. The molecule has 0 aromatic heterocycles. The minimum Gasteiger partial charge on any atom is -0.504 e. The predicted octanol–water partition coefficient (Wildman–Crippen LogP) is -4.34. The van der Waals surface area contributed by atoms with Crippen molar-refractivity contribution in [1.29, 1.82) is 0 Å². The Morgan fingerprint density at radius 3 is 2.05 bits per heavy atom. The molecule has 0 spiro atoms. The molecule has 8 amide bonds. The number of ether oxygens (including phenoxy) is 2. The Bertz CT molecular complexity index is 2690. The van der Waals surface area contributed by atoms with Crippen molar-refractivity contribution < 1.29 is 83.6 Å². The van der Waals surface area contributed by atoms with Gasteiger partial charge in [0.2, 0.25) is 41.4 Å². The van der Waals surface area contributed by atoms with Gasteiger partial charge in [-0.3, -0.25) is 33.6 Å². The summed E-state index contributed by atoms with van der Waals surface area (Å²) in [6, 6.07) is 8.50. The Labute approximate surface area is 447 Å². The minimum absolute atomic E-state index is 0.0570. The van der Waals surface area contributed by atoms with Crippen LogP contribution in [0.1, 0.15) is 55.7 Å². The first-order valence-corrected chi connectivity index (χ1v) is 25.5. The Hall–Kier alpha value is -7.46. The summed E-state index contributed by atoms with van der Waals surface area (Å²) in [4.78, 5) is 111. The topological polar surface area (TPSA) is 415 Å². The SMILES string of the molecule is C[C@@H](O)[C@@H]1NC(=O)[C@@H](N)C[C@@H](O)CNC(=O)[C@@H]2[C@@H](O)[C@@H](C)CN2C(=O)[C@H]([C@H](O)CC(N)=O)NC(=O)[C@H]([C@H](O)Cc2ccc(O)c(OCCNC(=O)OCC3c4ccccc4-c4ccccc43)c2)NC(=O)[C@@H]2C[C@@H](O)CN2C1=O. The third kappa shape index (κ3) is 13.4. The first-order chi connectivity index (χ1) is 37.0. The van der Waals surface area contributed by atoms with Crippen molar-refractivity contribution in [3.05, 3.63) is 83.4 Å². The monoisotopic (exact) mass is 1090 g/mol. The van der Waals surface area contributed by atoms with E-state index >= 15 is 0 Å². The number of carbonyl (C=O) groups is 8. The van der Waals surface area contributed by atoms with E-state index in [1.165, 1.54) is 25.1 Å². The van der Waals surface area contributed by atoms with Crippen molar-refractivity contribution in [3.8, 4) is 22.6 Å². The normalized spacial score (nSPS) is 27.6. The van der Waals surface area contributed by atoms with Crippen LogP contribution in [0, 0.1) is 5.92 Å². The molecule has 3 aliphatic heterocycles. The summed E-state index contributed by atoms with van der Waals surface area (Å²) in [6.07, 6.45) is -13.4. The molecule has 13 atom stereocenters. The number of nitrogens with one attached hydrogen (secondary N) is 5. The number of nitrogens with zero attached hydrogens (tertiary/aromatic N) is 2. The number of hydrogen-bond donors (Lipinski definition) is 14. The number of aliphatic hydroxyl groups excluding tert-OH is 6. The molecule has 26 nitrogen and oxygen atoms in total. The van der Waals surface area contributed by atoms with Gasteiger partial charge < -0.3 is 93.1 Å². The van der Waals surface area contributed by atoms with E-state index in [-0.39, 0.29) is 49.3 Å². The number of primary amides is 1. The maximum atomic E-state index is 14.6. The summed E-state index contributed by atoms with van der Waals surface area (Å²) in [7, 11) is 0. The van der Waals surface area contributed by atoms with Crippen molar-refractivity contribution in [2.24, 2.45) is 17.4 Å². The lowest BCUT2D eigenvalue weighted by Crippen LogP contribution is -2.64. The highest BCUT2D eigenvalue weighted by Crippen LogP contribution is 2.44. The van der Waals surface area contributed by atoms with Gasteiger partial charge >= 0.3 is 6.09 Å². The molecular formula is C52H67N9O17. The zero-order valence-corrected chi connectivity index (χ0v) is 42.8. The van der Waals surface area contributed by atoms with Gasteiger partial charge in [-0.25, -0.2) is 4.79 Å². The van der Waals surface area contributed by atoms with Crippen molar-refractivity contribution in [3.63, 3.8) is 0 Å². The fraction of sp³-hybridized carbons (Fsp3) is 0.500. The number of aliphatic hydroxyl groups is 6. The fourth-order valence-corrected chi connectivity index (χ4v) is 10.3. The van der Waals surface area contributed by atoms with E-state index in [4.69, 9.17) is 20.9 Å². The molecule has 0 bridgehead atoms. The molecule has 3 aromatic rings. The number of aromatic hydroxyl groups is 1. The molecule has 422 valence electrons. The maximum Gasteiger partial charge on any atom is 0.407 e. The van der Waals surface area contributed by atoms with Gasteiger partial charge in [-0.15, -0.1) is 0 Å². The molecule has 1 aliphatic carbocycles. The lowest BCUT2D eigenvalue weighted by atomic mass is 9.98. The Morgan fingerprint density at radius 1 is 0.769 bits per heavy atom. The van der Waals surface area contributed by atoms with Gasteiger partial charge in [0.25, 0.3) is 0 Å². The number of amides is 8. The van der Waals surface area contributed by atoms with Gasteiger partial charge in [0.05, 0.1) is 55.6 Å². The van der Waals surface area contributed by atoms with Gasteiger partial charge in [-0.2, -0.15) is 0 Å². The van der Waals surface area contributed by atoms with Crippen LogP contribution < -0.4 is 42.8 Å². The first-order valence-electron chi connectivity index (χ1n) is 25.5. The molecule has 3 aromatic carbocycles. The van der Waals surface area contributed by atoms with E-state index < -0.39 is 165 Å². The van der Waals surface area contributed by atoms with Crippen LogP contribution in [0.4, 0.5) is 4.79 Å². The van der Waals surface area contributed by atoms with Crippen LogP contribution in [0.5, 0.6) is 11.5 Å². The van der Waals surface area contributed by atoms with Gasteiger partial charge in [-0.05, 0) is 53.3 Å². The molecule has 7 rings (SSSR count). The van der Waals surface area contributed by atoms with E-state index in [9.17, 15) is 74.1 Å². The number of nitrogens with two attached hydrogens (primary N) is 2. The quantitative estimate of drug-likeness (QED) is 0.0720. The van der Waals surface area contributed by atoms with Gasteiger partial charge in [-0.1, -0.05) is 61.5 Å². The van der Waals surface area contributed by atoms with Gasteiger partial charge in [0.1, 0.15) is 43.4 Å². The number of β-amino-alcohol motifs (C(OH)–C–C–N with tert-alkyl or cyclic N) is 1. The Balaban J connectivity index is 1.12. The Morgan fingerprint density at radius 2 is 1.40 bits per heavy atom. The molecule has 3 fully saturated rings. The summed E-state index contributed by atoms with van der Waals surface area (Å²) in [5.41, 5.74) is 15.8. The number of phenolic OH excluding ortho intramolecular Hbond substituents is 1. The molecule has 0 saturated carbocycles. The molecule has 78 heavy (non-hydrogen) atoms. The highest BCUT2D eigenvalue weighted by Gasteiger charge is 2.50. The average Bonchev–Trinajstić information content (AvgIpc) is 4.23. The lowest BCUT2D eigenvalue weighted by molar-refractivity contribution is -0.147. The van der Waals surface area contributed by atoms with E-state index in [1.54, 1.807) is 0 Å². The van der Waals surface area contributed by atoms with Crippen LogP contribution in [-0.2, 0) is 44.7 Å². The van der Waals surface area contributed by atoms with E-state index in [0.717, 1.165) is 39.0 Å². The maximum absolute atomic E-state index is 14.6. The smallest absolute Gasteiger partial charge is 0.407 e. The number of carbonyl (C=O) groups excluding carboxylic acids is 8. The van der Waals surface area contributed by atoms with E-state index in [0.29, 0.717) is 0 Å². The van der Waals surface area contributed by atoms with Crippen molar-refractivity contribution in [2.75, 3.05) is 39.4 Å². The molecule has 26 heteroatoms. The zero-order chi connectivity index (χ0) is 56.7. The van der Waals surface area contributed by atoms with Gasteiger partial charge in [0, 0.05) is 44.3 Å². The largest absolute Gasteiger partial charge is 0.504 e. The second-order valence-corrected chi connectivity index (χ2v) is 20.2. The average molecular weight is 1090 g/mol. The first kappa shape index (κ1) is 58.2. The third-order valence-electron chi connectivity index (χ3n) is 14.3. The lowest BCUT2D eigenvalue weighted by Gasteiger charge is -2.33. The molecule has 3 saturated heterocycles. The number of hydrogen-bond acceptors (Lipinski definition) is 18. The second kappa shape index (κ2) is 25.3. The zero-order valence-electron chi connectivity index (χ0n) is 42.8. The number of phenols is 1. The standard InChI is InChI=1S/C52H67N9O17/c1-24-21-61-44(45(24)69)49(73)56-20-27(63)17-34(53)46(70)57-41(25(2)62)50(74)60-22-28(64)18-35(60)47(71)58-42(48(72)59-43(51(61)75)38(67)19-40(54)68)37(66)15-26-11-12-36(65)39(16-26)77-14-13-55-52(76)78-23-33-31-9-5-3-7-29(31)30-8-4-6-10-32(30)33/h3-12,16,24-25,27-28,33-35,37-38,41-45,62-67,69H,13-15,17-23,53H2,1-2H3,(H2,54,68)(H,55,76)(H,56,73)(H,57,70)(H,58,71)(H,59,72)/t24-,25+,27+,28+,34-,35-,37+,38+,41-,42-,43-,44-,45-/m0/s1. The van der Waals surface area contributed by atoms with E-state index in [1.807, 2.05) is 48.5 Å². The molecule has 0 radical (unpaired) electrons. The summed E-state index contributed by atoms with van der Waals surface area (Å²) >= 11 is 0. The van der Waals surface area contributed by atoms with Crippen LogP contribution in [0.25, 0.3) is 11.1 Å². The van der Waals surface area contributed by atoms with E-state index in [2.05, 4.69) is 26.6 Å². The van der Waals surface area contributed by atoms with Crippen molar-refractivity contribution in [1.82, 2.24) is 36.4 Å². The number of alkyl carbamates (subject to hydrolysis) is 1. The molecule has 4 aliphatic rings. The molecule has 16 N–H and O–H groups in total. The highest BCUT2D eigenvalue weighted by molar-refractivity contribution is 5.98. The van der Waals surface area contributed by atoms with Crippen molar-refractivity contribution >= 4 is 47.4 Å². The Kier molecular flexibility index (Phi) is 18.9. The van der Waals surface area contributed by atoms with Crippen LogP contribution >= 0.6 is 0 Å². The van der Waals surface area contributed by atoms with Crippen LogP contribution in [0.15, 0.2) is 66.7 Å². The van der Waals surface area contributed by atoms with Crippen molar-refractivity contribution in [2.45, 2.75) is 118 Å². The predicted molar refractivity (Wildman–Crippen MR) is 272 cm³/mol. The summed E-state index contributed by atoms with van der Waals surface area (Å²) in [5, 5.41) is 89.4. The molecule has 3 heterocycles. The second-order valence-electron chi connectivity index (χ2n) is 20.2. The summed E-state index contributed by atoms with van der Waals surface area (Å²) in [6.45, 7) is 0.959. The minimum atomic E-state index is -2.16. The molecule has 0 unspecified atom stereocenters. The number of fused-ring (bicyclic) bond motifs is 5. The van der Waals surface area contributed by atoms with Gasteiger partial charge in [0.15, 0.2) is 11.5 Å². The fourth-order valence-electron chi connectivity index (χ4n) is 10.3.